The van der Waals surface area contributed by atoms with Crippen LogP contribution in [0, 0.1) is 34.5 Å². The van der Waals surface area contributed by atoms with Crippen molar-refractivity contribution in [2.24, 2.45) is 34.5 Å². The maximum atomic E-state index is 12.9. The summed E-state index contributed by atoms with van der Waals surface area (Å²) >= 11 is 0. The first-order valence-corrected chi connectivity index (χ1v) is 12.9. The van der Waals surface area contributed by atoms with Crippen molar-refractivity contribution in [3.05, 3.63) is 0 Å². The predicted octanol–water partition coefficient (Wildman–Crippen LogP) is 2.45. The molecule has 0 aromatic carbocycles. The van der Waals surface area contributed by atoms with Gasteiger partial charge in [-0.15, -0.1) is 0 Å². The minimum Gasteiger partial charge on any atom is -0.465 e. The number of hydrogen-bond donors (Lipinski definition) is 0. The van der Waals surface area contributed by atoms with Gasteiger partial charge < -0.3 is 4.74 Å². The zero-order valence-electron chi connectivity index (χ0n) is 17.7. The predicted molar refractivity (Wildman–Crippen MR) is 106 cm³/mol. The number of carbonyl (C=O) groups is 2. The molecule has 7 nitrogen and oxygen atoms in total. The van der Waals surface area contributed by atoms with E-state index >= 15 is 0 Å². The monoisotopic (exact) mass is 437 g/mol. The zero-order chi connectivity index (χ0) is 21.1. The highest BCUT2D eigenvalue weighted by molar-refractivity contribution is 7.84. The second-order valence-electron chi connectivity index (χ2n) is 11.1. The standard InChI is InChI=1S/C22H31NO6S/c1-13(25)16-3-4-17-15-9-19-22-10-14(28-12-24)5-8-21(22,11-29-30(26,27)23(19)22)18(15)6-7-20(16,17)2/h12,14-19H,3-11H2,1-2H3/t14-,15+,16-,17+,18+,19-,20-,21+,22-,23?/m1/s1. The number of carbonyl (C=O) groups excluding carboxylic acids is 2. The van der Waals surface area contributed by atoms with E-state index in [-0.39, 0.29) is 35.5 Å². The first-order chi connectivity index (χ1) is 14.2. The molecule has 10 atom stereocenters. The van der Waals surface area contributed by atoms with Crippen LogP contribution in [0.15, 0.2) is 0 Å². The van der Waals surface area contributed by atoms with Gasteiger partial charge in [-0.25, -0.2) is 0 Å². The first-order valence-electron chi connectivity index (χ1n) is 11.5. The van der Waals surface area contributed by atoms with Crippen molar-refractivity contribution in [1.29, 1.82) is 0 Å². The molecule has 166 valence electrons. The van der Waals surface area contributed by atoms with Gasteiger partial charge in [-0.05, 0) is 75.0 Å². The average molecular weight is 438 g/mol. The summed E-state index contributed by atoms with van der Waals surface area (Å²) in [4.78, 5) is 23.4. The fraction of sp³-hybridized carbons (Fsp3) is 0.909. The molecule has 8 heteroatoms. The summed E-state index contributed by atoms with van der Waals surface area (Å²) in [5.41, 5.74) is -0.590. The second kappa shape index (κ2) is 5.87. The van der Waals surface area contributed by atoms with Gasteiger partial charge in [-0.1, -0.05) is 6.92 Å². The lowest BCUT2D eigenvalue weighted by Gasteiger charge is -2.61. The molecular formula is C22H31NO6S. The Balaban J connectivity index is 1.42. The molecule has 2 heterocycles. The highest BCUT2D eigenvalue weighted by Crippen LogP contribution is 2.77. The zero-order valence-corrected chi connectivity index (χ0v) is 18.5. The third-order valence-electron chi connectivity index (χ3n) is 10.6. The number of nitrogens with zero attached hydrogens (tertiary/aromatic N) is 1. The van der Waals surface area contributed by atoms with E-state index in [4.69, 9.17) is 8.92 Å². The average Bonchev–Trinajstić information content (AvgIpc) is 3.19. The Hall–Kier alpha value is -0.990. The van der Waals surface area contributed by atoms with Gasteiger partial charge in [0.25, 0.3) is 6.47 Å². The number of ketones is 1. The fourth-order valence-electron chi connectivity index (χ4n) is 9.55. The molecule has 6 fully saturated rings. The molecular weight excluding hydrogens is 406 g/mol. The quantitative estimate of drug-likeness (QED) is 0.498. The van der Waals surface area contributed by atoms with Crippen molar-refractivity contribution in [3.8, 4) is 0 Å². The highest BCUT2D eigenvalue weighted by Gasteiger charge is 2.85. The van der Waals surface area contributed by atoms with Crippen molar-refractivity contribution in [1.82, 2.24) is 4.31 Å². The fourth-order valence-corrected chi connectivity index (χ4v) is 11.3. The summed E-state index contributed by atoms with van der Waals surface area (Å²) in [6.45, 7) is 4.82. The van der Waals surface area contributed by atoms with Gasteiger partial charge in [-0.3, -0.25) is 13.8 Å². The normalized spacial score (nSPS) is 57.2. The molecule has 1 unspecified atom stereocenters. The number of hydrogen-bond acceptors (Lipinski definition) is 6. The van der Waals surface area contributed by atoms with Crippen molar-refractivity contribution in [2.45, 2.75) is 82.9 Å². The van der Waals surface area contributed by atoms with E-state index in [2.05, 4.69) is 6.92 Å². The van der Waals surface area contributed by atoms with Gasteiger partial charge in [0.15, 0.2) is 0 Å². The van der Waals surface area contributed by atoms with Gasteiger partial charge in [0.2, 0.25) is 0 Å². The Morgan fingerprint density at radius 3 is 2.70 bits per heavy atom. The molecule has 30 heavy (non-hydrogen) atoms. The van der Waals surface area contributed by atoms with Gasteiger partial charge in [-0.2, -0.15) is 12.7 Å². The number of Topliss-reactive ketones (excluding diaryl/α,β-unsaturated/α-hetero) is 1. The van der Waals surface area contributed by atoms with Crippen LogP contribution in [0.1, 0.15) is 65.2 Å². The molecule has 0 radical (unpaired) electrons. The van der Waals surface area contributed by atoms with Crippen LogP contribution in [0.2, 0.25) is 0 Å². The second-order valence-corrected chi connectivity index (χ2v) is 12.6. The number of ether oxygens (including phenoxy) is 1. The Morgan fingerprint density at radius 1 is 1.17 bits per heavy atom. The first kappa shape index (κ1) is 19.7. The van der Waals surface area contributed by atoms with E-state index in [0.29, 0.717) is 36.4 Å². The summed E-state index contributed by atoms with van der Waals surface area (Å²) in [5, 5.41) is 0. The SMILES string of the molecule is CC(=O)[C@H]1CC[C@H]2[C@@H]3C[C@H]4N5[C@]46C[C@H](OC=O)CC[C@]6(COS5(=O)=O)[C@H]3CC[C@]12C. The summed E-state index contributed by atoms with van der Waals surface area (Å²) in [7, 11) is -3.73. The lowest BCUT2D eigenvalue weighted by molar-refractivity contribution is -0.155. The molecule has 4 saturated carbocycles. The van der Waals surface area contributed by atoms with Crippen LogP contribution in [0.25, 0.3) is 0 Å². The topological polar surface area (TPSA) is 89.8 Å². The van der Waals surface area contributed by atoms with Crippen LogP contribution in [-0.4, -0.2) is 49.3 Å². The largest absolute Gasteiger partial charge is 0.465 e. The minimum absolute atomic E-state index is 0.0412. The summed E-state index contributed by atoms with van der Waals surface area (Å²) in [5.74, 6) is 1.79. The summed E-state index contributed by atoms with van der Waals surface area (Å²) in [6, 6.07) is -0.0527. The lowest BCUT2D eigenvalue weighted by Crippen LogP contribution is -2.64. The lowest BCUT2D eigenvalue weighted by atomic mass is 9.44. The van der Waals surface area contributed by atoms with Gasteiger partial charge in [0.05, 0.1) is 12.1 Å². The van der Waals surface area contributed by atoms with Crippen molar-refractivity contribution in [2.75, 3.05) is 6.61 Å². The highest BCUT2D eigenvalue weighted by atomic mass is 32.2. The summed E-state index contributed by atoms with van der Waals surface area (Å²) in [6.07, 6.45) is 6.96. The molecule has 2 saturated heterocycles. The van der Waals surface area contributed by atoms with Gasteiger partial charge >= 0.3 is 10.3 Å². The van der Waals surface area contributed by atoms with Crippen molar-refractivity contribution < 1.29 is 26.9 Å². The molecule has 0 aromatic rings. The van der Waals surface area contributed by atoms with Crippen LogP contribution in [0.3, 0.4) is 0 Å². The maximum Gasteiger partial charge on any atom is 0.339 e. The van der Waals surface area contributed by atoms with Crippen LogP contribution >= 0.6 is 0 Å². The van der Waals surface area contributed by atoms with Crippen molar-refractivity contribution in [3.63, 3.8) is 0 Å². The van der Waals surface area contributed by atoms with Gasteiger partial charge in [0.1, 0.15) is 11.9 Å². The van der Waals surface area contributed by atoms with E-state index < -0.39 is 15.8 Å². The maximum absolute atomic E-state index is 12.9. The minimum atomic E-state index is -3.73. The van der Waals surface area contributed by atoms with E-state index in [1.807, 2.05) is 0 Å². The Labute approximate surface area is 178 Å². The smallest absolute Gasteiger partial charge is 0.339 e. The third kappa shape index (κ3) is 2.07. The molecule has 0 aromatic heterocycles. The summed E-state index contributed by atoms with van der Waals surface area (Å²) < 4.78 is 38.3. The molecule has 0 N–H and O–H groups in total. The van der Waals surface area contributed by atoms with Crippen LogP contribution in [-0.2, 0) is 28.8 Å². The van der Waals surface area contributed by atoms with E-state index in [0.717, 1.165) is 44.9 Å². The Morgan fingerprint density at radius 2 is 1.97 bits per heavy atom. The van der Waals surface area contributed by atoms with E-state index in [9.17, 15) is 18.0 Å². The van der Waals surface area contributed by atoms with Crippen LogP contribution in [0.4, 0.5) is 0 Å². The van der Waals surface area contributed by atoms with Crippen molar-refractivity contribution >= 4 is 22.6 Å². The van der Waals surface area contributed by atoms with E-state index in [1.165, 1.54) is 0 Å². The molecule has 0 amide bonds. The molecule has 0 bridgehead atoms. The number of rotatable bonds is 3. The van der Waals surface area contributed by atoms with Gasteiger partial charge in [0, 0.05) is 23.8 Å². The molecule has 4 aliphatic carbocycles. The molecule has 2 aliphatic heterocycles. The van der Waals surface area contributed by atoms with Crippen LogP contribution < -0.4 is 0 Å². The molecule has 6 rings (SSSR count). The molecule has 6 aliphatic rings. The van der Waals surface area contributed by atoms with E-state index in [1.54, 1.807) is 11.2 Å². The Kier molecular flexibility index (Phi) is 3.85. The third-order valence-corrected chi connectivity index (χ3v) is 12.0. The molecule has 1 spiro atoms. The number of fused-ring (bicyclic) bond motifs is 4. The Bertz CT molecular complexity index is 921. The van der Waals surface area contributed by atoms with Crippen LogP contribution in [0.5, 0.6) is 0 Å².